The smallest absolute Gasteiger partial charge is 0.129 e. The van der Waals surface area contributed by atoms with Gasteiger partial charge in [-0.1, -0.05) is 17.7 Å². The number of piperazine rings is 1. The lowest BCUT2D eigenvalue weighted by Crippen LogP contribution is -2.46. The molecule has 0 aromatic heterocycles. The van der Waals surface area contributed by atoms with Crippen molar-refractivity contribution in [2.75, 3.05) is 32.8 Å². The van der Waals surface area contributed by atoms with Crippen molar-refractivity contribution in [3.8, 4) is 0 Å². The summed E-state index contributed by atoms with van der Waals surface area (Å²) in [7, 11) is 0. The summed E-state index contributed by atoms with van der Waals surface area (Å²) in [5, 5.41) is 13.1. The zero-order valence-electron chi connectivity index (χ0n) is 9.90. The number of aliphatic hydroxyl groups is 1. The van der Waals surface area contributed by atoms with Crippen molar-refractivity contribution in [2.24, 2.45) is 0 Å². The van der Waals surface area contributed by atoms with E-state index in [9.17, 15) is 9.50 Å². The van der Waals surface area contributed by atoms with Gasteiger partial charge in [-0.05, 0) is 12.1 Å². The minimum Gasteiger partial charge on any atom is -0.394 e. The van der Waals surface area contributed by atoms with E-state index in [1.54, 1.807) is 12.1 Å². The van der Waals surface area contributed by atoms with Crippen molar-refractivity contribution in [2.45, 2.75) is 6.04 Å². The number of nitrogens with one attached hydrogen (secondary N) is 1. The van der Waals surface area contributed by atoms with Crippen molar-refractivity contribution >= 4 is 24.0 Å². The summed E-state index contributed by atoms with van der Waals surface area (Å²) in [6.45, 7) is 3.15. The number of nitrogens with zero attached hydrogens (tertiary/aromatic N) is 1. The van der Waals surface area contributed by atoms with Gasteiger partial charge in [0.2, 0.25) is 0 Å². The van der Waals surface area contributed by atoms with Crippen molar-refractivity contribution < 1.29 is 9.50 Å². The molecule has 1 fully saturated rings. The van der Waals surface area contributed by atoms with Crippen LogP contribution in [0.1, 0.15) is 11.6 Å². The minimum absolute atomic E-state index is 0. The Hall–Kier alpha value is -0.390. The number of halogens is 3. The summed E-state index contributed by atoms with van der Waals surface area (Å²) < 4.78 is 13.8. The van der Waals surface area contributed by atoms with Crippen LogP contribution in [0, 0.1) is 5.82 Å². The van der Waals surface area contributed by atoms with Gasteiger partial charge in [0.05, 0.1) is 12.6 Å². The van der Waals surface area contributed by atoms with Gasteiger partial charge in [0, 0.05) is 36.8 Å². The molecule has 18 heavy (non-hydrogen) atoms. The predicted octanol–water partition coefficient (Wildman–Crippen LogP) is 1.84. The molecule has 0 amide bonds. The Bertz CT molecular complexity index is 366. The van der Waals surface area contributed by atoms with E-state index < -0.39 is 0 Å². The molecule has 0 aliphatic carbocycles. The van der Waals surface area contributed by atoms with Crippen LogP contribution in [0.3, 0.4) is 0 Å². The zero-order chi connectivity index (χ0) is 12.3. The van der Waals surface area contributed by atoms with Crippen LogP contribution < -0.4 is 5.32 Å². The SMILES string of the molecule is Cl.OC[C@@H](c1c(F)cccc1Cl)N1CCNCC1. The van der Waals surface area contributed by atoms with Gasteiger partial charge in [0.15, 0.2) is 0 Å². The first-order valence-electron chi connectivity index (χ1n) is 5.73. The largest absolute Gasteiger partial charge is 0.394 e. The second-order valence-corrected chi connectivity index (χ2v) is 4.53. The molecule has 0 spiro atoms. The fraction of sp³-hybridized carbons (Fsp3) is 0.500. The second-order valence-electron chi connectivity index (χ2n) is 4.12. The van der Waals surface area contributed by atoms with Gasteiger partial charge in [0.25, 0.3) is 0 Å². The number of hydrogen-bond acceptors (Lipinski definition) is 3. The molecular formula is C12H17Cl2FN2O. The summed E-state index contributed by atoms with van der Waals surface area (Å²) in [4.78, 5) is 2.06. The monoisotopic (exact) mass is 294 g/mol. The Labute approximate surface area is 117 Å². The van der Waals surface area contributed by atoms with Crippen LogP contribution in [0.4, 0.5) is 4.39 Å². The van der Waals surface area contributed by atoms with Crippen molar-refractivity contribution in [1.29, 1.82) is 0 Å². The molecule has 0 saturated carbocycles. The molecule has 102 valence electrons. The van der Waals surface area contributed by atoms with E-state index >= 15 is 0 Å². The number of benzene rings is 1. The topological polar surface area (TPSA) is 35.5 Å². The molecule has 1 aliphatic rings. The lowest BCUT2D eigenvalue weighted by molar-refractivity contribution is 0.108. The van der Waals surface area contributed by atoms with E-state index in [-0.39, 0.29) is 30.9 Å². The molecule has 1 aliphatic heterocycles. The third-order valence-electron chi connectivity index (χ3n) is 3.10. The molecule has 2 N–H and O–H groups in total. The van der Waals surface area contributed by atoms with Crippen LogP contribution in [-0.4, -0.2) is 42.8 Å². The van der Waals surface area contributed by atoms with Crippen LogP contribution in [0.25, 0.3) is 0 Å². The number of rotatable bonds is 3. The summed E-state index contributed by atoms with van der Waals surface area (Å²) in [6.07, 6.45) is 0. The molecule has 1 aromatic carbocycles. The Balaban J connectivity index is 0.00000162. The van der Waals surface area contributed by atoms with Gasteiger partial charge in [-0.25, -0.2) is 4.39 Å². The molecule has 2 rings (SSSR count). The van der Waals surface area contributed by atoms with Gasteiger partial charge in [-0.2, -0.15) is 0 Å². The van der Waals surface area contributed by atoms with Crippen molar-refractivity contribution in [1.82, 2.24) is 10.2 Å². The second kappa shape index (κ2) is 7.26. The number of hydrogen-bond donors (Lipinski definition) is 2. The maximum absolute atomic E-state index is 13.8. The predicted molar refractivity (Wildman–Crippen MR) is 72.9 cm³/mol. The maximum atomic E-state index is 13.8. The van der Waals surface area contributed by atoms with E-state index in [0.29, 0.717) is 10.6 Å². The fourth-order valence-electron chi connectivity index (χ4n) is 2.21. The maximum Gasteiger partial charge on any atom is 0.129 e. The van der Waals surface area contributed by atoms with Crippen LogP contribution in [0.2, 0.25) is 5.02 Å². The van der Waals surface area contributed by atoms with E-state index in [2.05, 4.69) is 10.2 Å². The van der Waals surface area contributed by atoms with E-state index in [4.69, 9.17) is 11.6 Å². The van der Waals surface area contributed by atoms with Crippen LogP contribution in [-0.2, 0) is 0 Å². The lowest BCUT2D eigenvalue weighted by Gasteiger charge is -2.34. The minimum atomic E-state index is -0.356. The summed E-state index contributed by atoms with van der Waals surface area (Å²) in [6, 6.07) is 4.26. The average Bonchev–Trinajstić information content (AvgIpc) is 2.35. The molecule has 3 nitrogen and oxygen atoms in total. The lowest BCUT2D eigenvalue weighted by atomic mass is 10.0. The normalized spacial score (nSPS) is 18.2. The Morgan fingerprint density at radius 1 is 1.39 bits per heavy atom. The third kappa shape index (κ3) is 3.33. The first-order chi connectivity index (χ1) is 8.24. The molecular weight excluding hydrogens is 278 g/mol. The quantitative estimate of drug-likeness (QED) is 0.893. The standard InChI is InChI=1S/C12H16ClFN2O.ClH/c13-9-2-1-3-10(14)12(9)11(8-17)16-6-4-15-5-7-16;/h1-3,11,15,17H,4-8H2;1H/t11-;/m0./s1. The van der Waals surface area contributed by atoms with E-state index in [1.807, 2.05) is 0 Å². The highest BCUT2D eigenvalue weighted by atomic mass is 35.5. The fourth-order valence-corrected chi connectivity index (χ4v) is 2.50. The first-order valence-corrected chi connectivity index (χ1v) is 6.11. The molecule has 1 saturated heterocycles. The highest BCUT2D eigenvalue weighted by Crippen LogP contribution is 2.29. The summed E-state index contributed by atoms with van der Waals surface area (Å²) in [5.41, 5.74) is 0.401. The van der Waals surface area contributed by atoms with E-state index in [1.165, 1.54) is 6.07 Å². The zero-order valence-corrected chi connectivity index (χ0v) is 11.5. The van der Waals surface area contributed by atoms with E-state index in [0.717, 1.165) is 26.2 Å². The van der Waals surface area contributed by atoms with Crippen LogP contribution in [0.5, 0.6) is 0 Å². The Morgan fingerprint density at radius 3 is 2.61 bits per heavy atom. The Kier molecular flexibility index (Phi) is 6.32. The van der Waals surface area contributed by atoms with Gasteiger partial charge in [-0.3, -0.25) is 4.90 Å². The molecule has 0 unspecified atom stereocenters. The molecule has 0 radical (unpaired) electrons. The average molecular weight is 295 g/mol. The van der Waals surface area contributed by atoms with Crippen molar-refractivity contribution in [3.05, 3.63) is 34.6 Å². The van der Waals surface area contributed by atoms with Gasteiger partial charge in [0.1, 0.15) is 5.82 Å². The highest BCUT2D eigenvalue weighted by molar-refractivity contribution is 6.31. The number of aliphatic hydroxyl groups excluding tert-OH is 1. The van der Waals surface area contributed by atoms with Crippen LogP contribution in [0.15, 0.2) is 18.2 Å². The molecule has 6 heteroatoms. The molecule has 1 atom stereocenters. The Morgan fingerprint density at radius 2 is 2.06 bits per heavy atom. The van der Waals surface area contributed by atoms with Crippen LogP contribution >= 0.6 is 24.0 Å². The summed E-state index contributed by atoms with van der Waals surface area (Å²) in [5.74, 6) is -0.352. The third-order valence-corrected chi connectivity index (χ3v) is 3.43. The summed E-state index contributed by atoms with van der Waals surface area (Å²) >= 11 is 6.03. The van der Waals surface area contributed by atoms with Gasteiger partial charge >= 0.3 is 0 Å². The molecule has 0 bridgehead atoms. The first kappa shape index (κ1) is 15.7. The van der Waals surface area contributed by atoms with Gasteiger partial charge in [-0.15, -0.1) is 12.4 Å². The van der Waals surface area contributed by atoms with Crippen molar-refractivity contribution in [3.63, 3.8) is 0 Å². The molecule has 1 aromatic rings. The highest BCUT2D eigenvalue weighted by Gasteiger charge is 2.25. The molecule has 1 heterocycles. The van der Waals surface area contributed by atoms with Gasteiger partial charge < -0.3 is 10.4 Å².